The second-order valence-electron chi connectivity index (χ2n) is 6.67. The molecule has 0 saturated carbocycles. The van der Waals surface area contributed by atoms with Crippen LogP contribution < -0.4 is 5.32 Å². The van der Waals surface area contributed by atoms with Crippen LogP contribution in [0, 0.1) is 23.5 Å². The first kappa shape index (κ1) is 14.0. The van der Waals surface area contributed by atoms with Crippen molar-refractivity contribution < 1.29 is 8.78 Å². The molecule has 0 bridgehead atoms. The van der Waals surface area contributed by atoms with Crippen molar-refractivity contribution >= 4 is 0 Å². The summed E-state index contributed by atoms with van der Waals surface area (Å²) in [5.74, 6) is 0.285. The normalized spacial score (nSPS) is 30.4. The van der Waals surface area contributed by atoms with Gasteiger partial charge in [0.1, 0.15) is 11.6 Å². The number of fused-ring (bicyclic) bond motifs is 1. The van der Waals surface area contributed by atoms with Crippen LogP contribution >= 0.6 is 0 Å². The number of likely N-dealkylation sites (tertiary alicyclic amines) is 1. The first-order valence-electron chi connectivity index (χ1n) is 7.33. The van der Waals surface area contributed by atoms with E-state index in [4.69, 9.17) is 0 Å². The molecule has 3 unspecified atom stereocenters. The maximum Gasteiger partial charge on any atom is 0.130 e. The molecular formula is C16H22F2N2. The fourth-order valence-corrected chi connectivity index (χ4v) is 4.12. The zero-order valence-corrected chi connectivity index (χ0v) is 12.3. The van der Waals surface area contributed by atoms with Gasteiger partial charge in [-0.25, -0.2) is 8.78 Å². The molecule has 3 atom stereocenters. The summed E-state index contributed by atoms with van der Waals surface area (Å²) in [6, 6.07) is 3.88. The molecule has 0 amide bonds. The number of nitrogens with zero attached hydrogens (tertiary/aromatic N) is 1. The first-order chi connectivity index (χ1) is 9.41. The standard InChI is InChI=1S/C16H22F2N2/c1-10(13-5-4-12(17)6-15(13)18)20-9-11-7-19-8-14(11)16(20,2)3/h4-6,10-11,14,19H,7-9H2,1-3H3. The first-order valence-corrected chi connectivity index (χ1v) is 7.33. The number of rotatable bonds is 2. The summed E-state index contributed by atoms with van der Waals surface area (Å²) in [5.41, 5.74) is 0.626. The molecule has 20 heavy (non-hydrogen) atoms. The predicted molar refractivity (Wildman–Crippen MR) is 75.4 cm³/mol. The maximum absolute atomic E-state index is 14.0. The van der Waals surface area contributed by atoms with Crippen molar-refractivity contribution in [2.45, 2.75) is 32.4 Å². The van der Waals surface area contributed by atoms with E-state index in [1.165, 1.54) is 6.07 Å². The third-order valence-corrected chi connectivity index (χ3v) is 5.30. The molecule has 2 saturated heterocycles. The lowest BCUT2D eigenvalue weighted by atomic mass is 9.84. The Morgan fingerprint density at radius 3 is 2.70 bits per heavy atom. The minimum absolute atomic E-state index is 0.0313. The molecule has 1 aromatic rings. The summed E-state index contributed by atoms with van der Waals surface area (Å²) in [4.78, 5) is 2.37. The van der Waals surface area contributed by atoms with E-state index in [-0.39, 0.29) is 11.6 Å². The SMILES string of the molecule is CC(c1ccc(F)cc1F)N1CC2CNCC2C1(C)C. The van der Waals surface area contributed by atoms with E-state index in [0.717, 1.165) is 25.7 Å². The molecule has 4 heteroatoms. The van der Waals surface area contributed by atoms with Crippen LogP contribution in [0.4, 0.5) is 8.78 Å². The number of hydrogen-bond donors (Lipinski definition) is 1. The molecule has 0 radical (unpaired) electrons. The summed E-state index contributed by atoms with van der Waals surface area (Å²) in [6.07, 6.45) is 0. The van der Waals surface area contributed by atoms with Crippen LogP contribution in [0.25, 0.3) is 0 Å². The maximum atomic E-state index is 14.0. The van der Waals surface area contributed by atoms with E-state index in [2.05, 4.69) is 24.1 Å². The van der Waals surface area contributed by atoms with Gasteiger partial charge >= 0.3 is 0 Å². The molecule has 1 N–H and O–H groups in total. The lowest BCUT2D eigenvalue weighted by Crippen LogP contribution is -2.45. The fraction of sp³-hybridized carbons (Fsp3) is 0.625. The van der Waals surface area contributed by atoms with Crippen LogP contribution in [-0.4, -0.2) is 30.1 Å². The van der Waals surface area contributed by atoms with Gasteiger partial charge in [0.2, 0.25) is 0 Å². The lowest BCUT2D eigenvalue weighted by molar-refractivity contribution is 0.0952. The largest absolute Gasteiger partial charge is 0.316 e. The van der Waals surface area contributed by atoms with Gasteiger partial charge in [-0.05, 0) is 45.2 Å². The zero-order valence-electron chi connectivity index (χ0n) is 12.3. The summed E-state index contributed by atoms with van der Waals surface area (Å²) < 4.78 is 27.1. The van der Waals surface area contributed by atoms with Crippen molar-refractivity contribution in [2.24, 2.45) is 11.8 Å². The van der Waals surface area contributed by atoms with Crippen LogP contribution in [0.3, 0.4) is 0 Å². The number of halogens is 2. The van der Waals surface area contributed by atoms with Gasteiger partial charge in [-0.15, -0.1) is 0 Å². The van der Waals surface area contributed by atoms with Crippen LogP contribution in [0.2, 0.25) is 0 Å². The Labute approximate surface area is 119 Å². The predicted octanol–water partition coefficient (Wildman–Crippen LogP) is 2.96. The second-order valence-corrected chi connectivity index (χ2v) is 6.67. The lowest BCUT2D eigenvalue weighted by Gasteiger charge is -2.40. The van der Waals surface area contributed by atoms with Gasteiger partial charge < -0.3 is 5.32 Å². The highest BCUT2D eigenvalue weighted by Gasteiger charge is 2.51. The van der Waals surface area contributed by atoms with Crippen molar-refractivity contribution in [2.75, 3.05) is 19.6 Å². The Hall–Kier alpha value is -1.00. The van der Waals surface area contributed by atoms with Gasteiger partial charge in [-0.1, -0.05) is 6.07 Å². The molecule has 2 aliphatic rings. The topological polar surface area (TPSA) is 15.3 Å². The van der Waals surface area contributed by atoms with Crippen molar-refractivity contribution in [3.8, 4) is 0 Å². The molecule has 2 fully saturated rings. The fourth-order valence-electron chi connectivity index (χ4n) is 4.12. The third kappa shape index (κ3) is 2.06. The van der Waals surface area contributed by atoms with E-state index in [9.17, 15) is 8.78 Å². The molecule has 0 aliphatic carbocycles. The average Bonchev–Trinajstić information content (AvgIpc) is 2.91. The van der Waals surface area contributed by atoms with E-state index < -0.39 is 11.6 Å². The zero-order chi connectivity index (χ0) is 14.5. The Bertz CT molecular complexity index is 515. The number of nitrogens with one attached hydrogen (secondary N) is 1. The minimum Gasteiger partial charge on any atom is -0.316 e. The Kier molecular flexibility index (Phi) is 3.33. The Balaban J connectivity index is 1.89. The molecule has 1 aromatic carbocycles. The molecule has 2 heterocycles. The van der Waals surface area contributed by atoms with Crippen molar-refractivity contribution in [3.05, 3.63) is 35.4 Å². The van der Waals surface area contributed by atoms with Crippen molar-refractivity contribution in [3.63, 3.8) is 0 Å². The highest BCUT2D eigenvalue weighted by Crippen LogP contribution is 2.45. The monoisotopic (exact) mass is 280 g/mol. The molecule has 2 nitrogen and oxygen atoms in total. The van der Waals surface area contributed by atoms with Crippen molar-refractivity contribution in [1.82, 2.24) is 10.2 Å². The van der Waals surface area contributed by atoms with Gasteiger partial charge in [0.05, 0.1) is 0 Å². The molecule has 0 aromatic heterocycles. The second kappa shape index (κ2) is 4.78. The van der Waals surface area contributed by atoms with Crippen LogP contribution in [0.15, 0.2) is 18.2 Å². The smallest absolute Gasteiger partial charge is 0.130 e. The van der Waals surface area contributed by atoms with Gasteiger partial charge in [-0.3, -0.25) is 4.90 Å². The van der Waals surface area contributed by atoms with Crippen LogP contribution in [0.5, 0.6) is 0 Å². The van der Waals surface area contributed by atoms with E-state index in [1.807, 2.05) is 6.92 Å². The summed E-state index contributed by atoms with van der Waals surface area (Å²) in [6.45, 7) is 9.55. The highest BCUT2D eigenvalue weighted by molar-refractivity contribution is 5.23. The molecular weight excluding hydrogens is 258 g/mol. The van der Waals surface area contributed by atoms with Crippen LogP contribution in [0.1, 0.15) is 32.4 Å². The van der Waals surface area contributed by atoms with Crippen LogP contribution in [-0.2, 0) is 0 Å². The van der Waals surface area contributed by atoms with Gasteiger partial charge in [0.15, 0.2) is 0 Å². The van der Waals surface area contributed by atoms with Gasteiger partial charge in [0.25, 0.3) is 0 Å². The van der Waals surface area contributed by atoms with Crippen molar-refractivity contribution in [1.29, 1.82) is 0 Å². The molecule has 0 spiro atoms. The number of benzene rings is 1. The van der Waals surface area contributed by atoms with E-state index in [1.54, 1.807) is 6.07 Å². The quantitative estimate of drug-likeness (QED) is 0.896. The van der Waals surface area contributed by atoms with E-state index >= 15 is 0 Å². The number of hydrogen-bond acceptors (Lipinski definition) is 2. The van der Waals surface area contributed by atoms with Gasteiger partial charge in [-0.2, -0.15) is 0 Å². The summed E-state index contributed by atoms with van der Waals surface area (Å²) >= 11 is 0. The van der Waals surface area contributed by atoms with E-state index in [0.29, 0.717) is 17.4 Å². The summed E-state index contributed by atoms with van der Waals surface area (Å²) in [7, 11) is 0. The minimum atomic E-state index is -0.514. The highest BCUT2D eigenvalue weighted by atomic mass is 19.1. The Morgan fingerprint density at radius 2 is 2.05 bits per heavy atom. The molecule has 110 valence electrons. The summed E-state index contributed by atoms with van der Waals surface area (Å²) in [5, 5.41) is 3.45. The van der Waals surface area contributed by atoms with Gasteiger partial charge in [0, 0.05) is 36.3 Å². The average molecular weight is 280 g/mol. The third-order valence-electron chi connectivity index (χ3n) is 5.30. The Morgan fingerprint density at radius 1 is 1.30 bits per heavy atom. The molecule has 3 rings (SSSR count). The molecule has 2 aliphatic heterocycles.